The second-order valence-corrected chi connectivity index (χ2v) is 7.41. The predicted molar refractivity (Wildman–Crippen MR) is 77.7 cm³/mol. The maximum Gasteiger partial charge on any atom is 0.275 e. The average molecular weight is 315 g/mol. The lowest BCUT2D eigenvalue weighted by molar-refractivity contribution is 0.0949. The molecule has 0 aliphatic carbocycles. The van der Waals surface area contributed by atoms with E-state index in [0.717, 1.165) is 23.7 Å². The Morgan fingerprint density at radius 2 is 2.24 bits per heavy atom. The summed E-state index contributed by atoms with van der Waals surface area (Å²) in [7, 11) is -0.838. The van der Waals surface area contributed by atoms with Crippen LogP contribution in [-0.4, -0.2) is 51.9 Å². The molecule has 0 aromatic carbocycles. The van der Waals surface area contributed by atoms with Gasteiger partial charge in [0.2, 0.25) is 5.09 Å². The van der Waals surface area contributed by atoms with E-state index in [-0.39, 0.29) is 22.6 Å². The number of hydrogen-bond donors (Lipinski definition) is 2. The zero-order chi connectivity index (χ0) is 15.6. The normalized spacial score (nSPS) is 19.1. The highest BCUT2D eigenvalue weighted by atomic mass is 32.2. The molecular formula is C13H21N3O4S. The van der Waals surface area contributed by atoms with Crippen LogP contribution < -0.4 is 10.6 Å². The van der Waals surface area contributed by atoms with Crippen LogP contribution in [0.4, 0.5) is 0 Å². The van der Waals surface area contributed by atoms with E-state index in [4.69, 9.17) is 4.42 Å². The highest BCUT2D eigenvalue weighted by Gasteiger charge is 2.26. The van der Waals surface area contributed by atoms with Gasteiger partial charge in [-0.2, -0.15) is 0 Å². The van der Waals surface area contributed by atoms with Gasteiger partial charge in [0, 0.05) is 32.7 Å². The molecule has 21 heavy (non-hydrogen) atoms. The second kappa shape index (κ2) is 6.17. The third-order valence-electron chi connectivity index (χ3n) is 3.55. The molecule has 0 spiro atoms. The smallest absolute Gasteiger partial charge is 0.275 e. The standard InChI is InChI=1S/C13H21N3O4S/c1-9-11(7-12(20-9)21(18,19)16(2)3)13(17)15-8-10-5-4-6-14-10/h7,10,14H,4-6,8H2,1-3H3,(H,15,17). The molecule has 1 aromatic heterocycles. The van der Waals surface area contributed by atoms with Crippen LogP contribution in [0, 0.1) is 6.92 Å². The van der Waals surface area contributed by atoms with Crippen molar-refractivity contribution in [3.63, 3.8) is 0 Å². The van der Waals surface area contributed by atoms with Gasteiger partial charge in [-0.05, 0) is 26.3 Å². The molecule has 2 N–H and O–H groups in total. The fourth-order valence-electron chi connectivity index (χ4n) is 2.23. The molecule has 1 amide bonds. The first-order valence-corrected chi connectivity index (χ1v) is 8.31. The highest BCUT2D eigenvalue weighted by molar-refractivity contribution is 7.88. The Labute approximate surface area is 124 Å². The Balaban J connectivity index is 2.09. The van der Waals surface area contributed by atoms with Crippen LogP contribution in [0.2, 0.25) is 0 Å². The number of nitrogens with zero attached hydrogens (tertiary/aromatic N) is 1. The Morgan fingerprint density at radius 1 is 1.52 bits per heavy atom. The maximum atomic E-state index is 12.1. The molecule has 0 radical (unpaired) electrons. The van der Waals surface area contributed by atoms with Gasteiger partial charge >= 0.3 is 0 Å². The van der Waals surface area contributed by atoms with E-state index >= 15 is 0 Å². The van der Waals surface area contributed by atoms with E-state index in [1.165, 1.54) is 20.2 Å². The Kier molecular flexibility index (Phi) is 4.70. The minimum absolute atomic E-state index is 0.214. The lowest BCUT2D eigenvalue weighted by Gasteiger charge is -2.10. The van der Waals surface area contributed by atoms with Gasteiger partial charge in [-0.25, -0.2) is 12.7 Å². The molecule has 1 aromatic rings. The predicted octanol–water partition coefficient (Wildman–Crippen LogP) is 0.320. The van der Waals surface area contributed by atoms with Gasteiger partial charge in [0.15, 0.2) is 0 Å². The summed E-state index contributed by atoms with van der Waals surface area (Å²) < 4.78 is 30.2. The minimum atomic E-state index is -3.67. The number of nitrogens with one attached hydrogen (secondary N) is 2. The summed E-state index contributed by atoms with van der Waals surface area (Å²) in [5.74, 6) is -0.0162. The minimum Gasteiger partial charge on any atom is -0.448 e. The van der Waals surface area contributed by atoms with E-state index in [1.807, 2.05) is 0 Å². The van der Waals surface area contributed by atoms with Crippen molar-refractivity contribution in [2.75, 3.05) is 27.2 Å². The second-order valence-electron chi connectivity index (χ2n) is 5.33. The Morgan fingerprint density at radius 3 is 2.81 bits per heavy atom. The number of amides is 1. The van der Waals surface area contributed by atoms with E-state index in [0.29, 0.717) is 12.3 Å². The van der Waals surface area contributed by atoms with Gasteiger partial charge in [0.05, 0.1) is 5.56 Å². The first-order valence-electron chi connectivity index (χ1n) is 6.87. The van der Waals surface area contributed by atoms with E-state index in [1.54, 1.807) is 6.92 Å². The molecule has 1 atom stereocenters. The third-order valence-corrected chi connectivity index (χ3v) is 5.22. The van der Waals surface area contributed by atoms with Gasteiger partial charge in [-0.3, -0.25) is 4.79 Å². The average Bonchev–Trinajstić information content (AvgIpc) is 3.05. The maximum absolute atomic E-state index is 12.1. The molecule has 8 heteroatoms. The van der Waals surface area contributed by atoms with Crippen LogP contribution in [0.5, 0.6) is 0 Å². The van der Waals surface area contributed by atoms with E-state index in [2.05, 4.69) is 10.6 Å². The van der Waals surface area contributed by atoms with Gasteiger partial charge in [-0.1, -0.05) is 0 Å². The van der Waals surface area contributed by atoms with Crippen molar-refractivity contribution in [1.29, 1.82) is 0 Å². The van der Waals surface area contributed by atoms with Crippen molar-refractivity contribution >= 4 is 15.9 Å². The molecular weight excluding hydrogens is 294 g/mol. The van der Waals surface area contributed by atoms with Crippen molar-refractivity contribution in [2.45, 2.75) is 30.9 Å². The molecule has 0 bridgehead atoms. The van der Waals surface area contributed by atoms with Gasteiger partial charge in [0.25, 0.3) is 15.9 Å². The first-order chi connectivity index (χ1) is 9.82. The molecule has 2 rings (SSSR count). The van der Waals surface area contributed by atoms with Crippen molar-refractivity contribution in [3.05, 3.63) is 17.4 Å². The lowest BCUT2D eigenvalue weighted by Crippen LogP contribution is -2.37. The lowest BCUT2D eigenvalue weighted by atomic mass is 10.2. The van der Waals surface area contributed by atoms with Gasteiger partial charge in [0.1, 0.15) is 5.76 Å². The van der Waals surface area contributed by atoms with Gasteiger partial charge in [-0.15, -0.1) is 0 Å². The summed E-state index contributed by atoms with van der Waals surface area (Å²) in [6, 6.07) is 1.56. The van der Waals surface area contributed by atoms with Crippen LogP contribution in [0.1, 0.15) is 29.0 Å². The fourth-order valence-corrected chi connectivity index (χ4v) is 3.09. The molecule has 1 unspecified atom stereocenters. The number of carbonyl (C=O) groups excluding carboxylic acids is 1. The number of hydrogen-bond acceptors (Lipinski definition) is 5. The first kappa shape index (κ1) is 16.0. The SMILES string of the molecule is Cc1oc(S(=O)(=O)N(C)C)cc1C(=O)NCC1CCCN1. The quantitative estimate of drug-likeness (QED) is 0.816. The summed E-state index contributed by atoms with van der Waals surface area (Å²) in [4.78, 5) is 12.1. The van der Waals surface area contributed by atoms with Crippen molar-refractivity contribution in [3.8, 4) is 0 Å². The summed E-state index contributed by atoms with van der Waals surface area (Å²) in [6.45, 7) is 3.08. The molecule has 1 saturated heterocycles. The number of furan rings is 1. The van der Waals surface area contributed by atoms with E-state index < -0.39 is 10.0 Å². The van der Waals surface area contributed by atoms with Crippen LogP contribution in [0.25, 0.3) is 0 Å². The molecule has 1 aliphatic rings. The topological polar surface area (TPSA) is 91.7 Å². The zero-order valence-corrected chi connectivity index (χ0v) is 13.3. The third kappa shape index (κ3) is 3.45. The molecule has 118 valence electrons. The molecule has 0 saturated carbocycles. The summed E-state index contributed by atoms with van der Waals surface area (Å²) in [5, 5.41) is 5.87. The highest BCUT2D eigenvalue weighted by Crippen LogP contribution is 2.21. The number of aryl methyl sites for hydroxylation is 1. The summed E-state index contributed by atoms with van der Waals surface area (Å²) in [6.07, 6.45) is 2.14. The molecule has 7 nitrogen and oxygen atoms in total. The van der Waals surface area contributed by atoms with Crippen LogP contribution in [-0.2, 0) is 10.0 Å². The number of sulfonamides is 1. The van der Waals surface area contributed by atoms with E-state index in [9.17, 15) is 13.2 Å². The van der Waals surface area contributed by atoms with Crippen molar-refractivity contribution in [1.82, 2.24) is 14.9 Å². The van der Waals surface area contributed by atoms with Gasteiger partial charge < -0.3 is 15.1 Å². The van der Waals surface area contributed by atoms with Crippen molar-refractivity contribution < 1.29 is 17.6 Å². The fraction of sp³-hybridized carbons (Fsp3) is 0.615. The summed E-state index contributed by atoms with van der Waals surface area (Å²) >= 11 is 0. The zero-order valence-electron chi connectivity index (χ0n) is 12.5. The van der Waals surface area contributed by atoms with Crippen LogP contribution in [0.3, 0.4) is 0 Å². The number of carbonyl (C=O) groups is 1. The van der Waals surface area contributed by atoms with Crippen LogP contribution >= 0.6 is 0 Å². The monoisotopic (exact) mass is 315 g/mol. The van der Waals surface area contributed by atoms with Crippen LogP contribution in [0.15, 0.2) is 15.6 Å². The Hall–Kier alpha value is -1.38. The molecule has 1 fully saturated rings. The summed E-state index contributed by atoms with van der Waals surface area (Å²) in [5.41, 5.74) is 0.258. The molecule has 2 heterocycles. The largest absolute Gasteiger partial charge is 0.448 e. The molecule has 1 aliphatic heterocycles. The van der Waals surface area contributed by atoms with Crippen molar-refractivity contribution in [2.24, 2.45) is 0 Å². The Bertz CT molecular complexity index is 615. The number of rotatable bonds is 5.